The molecule has 0 saturated carbocycles. The zero-order valence-electron chi connectivity index (χ0n) is 12.6. The van der Waals surface area contributed by atoms with Crippen molar-refractivity contribution in [1.82, 2.24) is 15.1 Å². The van der Waals surface area contributed by atoms with Gasteiger partial charge >= 0.3 is 0 Å². The van der Waals surface area contributed by atoms with Crippen LogP contribution in [0.4, 0.5) is 0 Å². The second kappa shape index (κ2) is 6.55. The summed E-state index contributed by atoms with van der Waals surface area (Å²) in [4.78, 5) is 5.30. The van der Waals surface area contributed by atoms with Crippen LogP contribution >= 0.6 is 0 Å². The lowest BCUT2D eigenvalue weighted by Gasteiger charge is -2.32. The summed E-state index contributed by atoms with van der Waals surface area (Å²) in [6.45, 7) is 11.7. The van der Waals surface area contributed by atoms with Gasteiger partial charge in [0.2, 0.25) is 0 Å². The maximum absolute atomic E-state index is 3.84. The predicted octanol–water partition coefficient (Wildman–Crippen LogP) is 1.79. The van der Waals surface area contributed by atoms with E-state index in [-0.39, 0.29) is 0 Å². The minimum absolute atomic E-state index is 0.820. The molecule has 19 heavy (non-hydrogen) atoms. The smallest absolute Gasteiger partial charge is 0.0120 e. The number of piperidine rings is 2. The molecule has 3 nitrogen and oxygen atoms in total. The van der Waals surface area contributed by atoms with Gasteiger partial charge in [0.25, 0.3) is 0 Å². The molecule has 3 heterocycles. The molecular formula is C16H31N3. The number of nitrogens with zero attached hydrogens (tertiary/aromatic N) is 2. The van der Waals surface area contributed by atoms with E-state index >= 15 is 0 Å². The topological polar surface area (TPSA) is 18.5 Å². The molecule has 3 saturated heterocycles. The minimum atomic E-state index is 0.820. The highest BCUT2D eigenvalue weighted by molar-refractivity contribution is 4.90. The molecule has 0 spiro atoms. The van der Waals surface area contributed by atoms with Crippen LogP contribution in [-0.4, -0.2) is 61.7 Å². The van der Waals surface area contributed by atoms with Gasteiger partial charge in [-0.3, -0.25) is 0 Å². The molecule has 3 aliphatic rings. The third-order valence-electron chi connectivity index (χ3n) is 5.57. The summed E-state index contributed by atoms with van der Waals surface area (Å²) in [5, 5.41) is 3.84. The summed E-state index contributed by atoms with van der Waals surface area (Å²) in [5.74, 6) is 1.91. The van der Waals surface area contributed by atoms with E-state index in [9.17, 15) is 0 Å². The van der Waals surface area contributed by atoms with Crippen LogP contribution in [0.2, 0.25) is 0 Å². The predicted molar refractivity (Wildman–Crippen MR) is 80.4 cm³/mol. The van der Waals surface area contributed by atoms with Gasteiger partial charge in [-0.1, -0.05) is 6.92 Å². The van der Waals surface area contributed by atoms with Crippen molar-refractivity contribution < 1.29 is 0 Å². The van der Waals surface area contributed by atoms with Gasteiger partial charge in [0, 0.05) is 12.6 Å². The van der Waals surface area contributed by atoms with Crippen LogP contribution in [0.25, 0.3) is 0 Å². The van der Waals surface area contributed by atoms with Crippen molar-refractivity contribution in [2.24, 2.45) is 11.8 Å². The molecule has 3 rings (SSSR count). The molecule has 3 fully saturated rings. The number of hydrogen-bond acceptors (Lipinski definition) is 3. The standard InChI is InChI=1S/C16H31N3/c1-14-3-9-18(10-4-14)8-2-7-17-16-6-12-19-11-5-15(16)13-19/h14-17H,2-13H2,1H3. The zero-order chi connectivity index (χ0) is 13.1. The summed E-state index contributed by atoms with van der Waals surface area (Å²) < 4.78 is 0. The average Bonchev–Trinajstić information content (AvgIpc) is 2.81. The zero-order valence-corrected chi connectivity index (χ0v) is 12.6. The Balaban J connectivity index is 1.28. The molecule has 0 aromatic carbocycles. The Labute approximate surface area is 118 Å². The number of likely N-dealkylation sites (tertiary alicyclic amines) is 1. The first-order valence-electron chi connectivity index (χ1n) is 8.49. The first-order valence-corrected chi connectivity index (χ1v) is 8.49. The lowest BCUT2D eigenvalue weighted by molar-refractivity contribution is 0.185. The van der Waals surface area contributed by atoms with Gasteiger partial charge in [-0.25, -0.2) is 0 Å². The third-order valence-corrected chi connectivity index (χ3v) is 5.57. The molecule has 110 valence electrons. The van der Waals surface area contributed by atoms with E-state index in [2.05, 4.69) is 22.0 Å². The van der Waals surface area contributed by atoms with Crippen LogP contribution in [0.5, 0.6) is 0 Å². The minimum Gasteiger partial charge on any atom is -0.314 e. The van der Waals surface area contributed by atoms with Gasteiger partial charge in [0.15, 0.2) is 0 Å². The summed E-state index contributed by atoms with van der Waals surface area (Å²) in [6, 6.07) is 0.820. The lowest BCUT2D eigenvalue weighted by Crippen LogP contribution is -2.44. The summed E-state index contributed by atoms with van der Waals surface area (Å²) in [5.41, 5.74) is 0. The van der Waals surface area contributed by atoms with E-state index in [4.69, 9.17) is 0 Å². The number of rotatable bonds is 5. The largest absolute Gasteiger partial charge is 0.314 e. The molecular weight excluding hydrogens is 234 g/mol. The fourth-order valence-corrected chi connectivity index (χ4v) is 4.10. The van der Waals surface area contributed by atoms with E-state index in [1.807, 2.05) is 0 Å². The Kier molecular flexibility index (Phi) is 4.78. The molecule has 2 bridgehead atoms. The molecule has 3 atom stereocenters. The lowest BCUT2D eigenvalue weighted by atomic mass is 9.94. The highest BCUT2D eigenvalue weighted by Crippen LogP contribution is 2.26. The van der Waals surface area contributed by atoms with E-state index in [1.165, 1.54) is 77.9 Å². The third kappa shape index (κ3) is 3.71. The van der Waals surface area contributed by atoms with Crippen LogP contribution in [0.15, 0.2) is 0 Å². The molecule has 3 unspecified atom stereocenters. The molecule has 0 aromatic heterocycles. The van der Waals surface area contributed by atoms with Gasteiger partial charge in [0.1, 0.15) is 0 Å². The number of nitrogens with one attached hydrogen (secondary N) is 1. The summed E-state index contributed by atoms with van der Waals surface area (Å²) in [7, 11) is 0. The Bertz CT molecular complexity index is 273. The maximum Gasteiger partial charge on any atom is 0.0120 e. The van der Waals surface area contributed by atoms with E-state index < -0.39 is 0 Å². The van der Waals surface area contributed by atoms with Crippen molar-refractivity contribution in [3.05, 3.63) is 0 Å². The average molecular weight is 265 g/mol. The first kappa shape index (κ1) is 13.8. The van der Waals surface area contributed by atoms with Crippen LogP contribution in [-0.2, 0) is 0 Å². The van der Waals surface area contributed by atoms with Crippen molar-refractivity contribution in [3.8, 4) is 0 Å². The molecule has 0 aromatic rings. The van der Waals surface area contributed by atoms with Crippen molar-refractivity contribution in [3.63, 3.8) is 0 Å². The Morgan fingerprint density at radius 2 is 1.79 bits per heavy atom. The summed E-state index contributed by atoms with van der Waals surface area (Å²) in [6.07, 6.45) is 6.97. The molecule has 0 aliphatic carbocycles. The Morgan fingerprint density at radius 3 is 2.63 bits per heavy atom. The molecule has 3 aliphatic heterocycles. The highest BCUT2D eigenvalue weighted by Gasteiger charge is 2.33. The van der Waals surface area contributed by atoms with E-state index in [1.54, 1.807) is 0 Å². The second-order valence-electron chi connectivity index (χ2n) is 7.08. The van der Waals surface area contributed by atoms with E-state index in [0.29, 0.717) is 0 Å². The molecule has 1 N–H and O–H groups in total. The van der Waals surface area contributed by atoms with Crippen molar-refractivity contribution >= 4 is 0 Å². The van der Waals surface area contributed by atoms with Crippen LogP contribution in [0.3, 0.4) is 0 Å². The quantitative estimate of drug-likeness (QED) is 0.765. The molecule has 0 amide bonds. The monoisotopic (exact) mass is 265 g/mol. The normalized spacial score (nSPS) is 36.8. The van der Waals surface area contributed by atoms with Crippen LogP contribution < -0.4 is 5.32 Å². The fourth-order valence-electron chi connectivity index (χ4n) is 4.10. The van der Waals surface area contributed by atoms with Crippen LogP contribution in [0.1, 0.15) is 39.0 Å². The van der Waals surface area contributed by atoms with Gasteiger partial charge in [-0.15, -0.1) is 0 Å². The summed E-state index contributed by atoms with van der Waals surface area (Å²) >= 11 is 0. The SMILES string of the molecule is CC1CCN(CCCNC2CCN3CCC2C3)CC1. The Hall–Kier alpha value is -0.120. The van der Waals surface area contributed by atoms with Gasteiger partial charge in [0.05, 0.1) is 0 Å². The maximum atomic E-state index is 3.84. The van der Waals surface area contributed by atoms with Crippen molar-refractivity contribution in [2.45, 2.75) is 45.1 Å². The van der Waals surface area contributed by atoms with E-state index in [0.717, 1.165) is 17.9 Å². The van der Waals surface area contributed by atoms with Crippen molar-refractivity contribution in [1.29, 1.82) is 0 Å². The Morgan fingerprint density at radius 1 is 1.00 bits per heavy atom. The second-order valence-corrected chi connectivity index (χ2v) is 7.08. The highest BCUT2D eigenvalue weighted by atomic mass is 15.2. The van der Waals surface area contributed by atoms with Gasteiger partial charge in [-0.2, -0.15) is 0 Å². The number of fused-ring (bicyclic) bond motifs is 2. The first-order chi connectivity index (χ1) is 9.31. The van der Waals surface area contributed by atoms with Gasteiger partial charge in [-0.05, 0) is 83.2 Å². The fraction of sp³-hybridized carbons (Fsp3) is 1.00. The van der Waals surface area contributed by atoms with Crippen LogP contribution in [0, 0.1) is 11.8 Å². The number of hydrogen-bond donors (Lipinski definition) is 1. The van der Waals surface area contributed by atoms with Gasteiger partial charge < -0.3 is 15.1 Å². The van der Waals surface area contributed by atoms with Crippen molar-refractivity contribution in [2.75, 3.05) is 45.8 Å². The molecule has 3 heteroatoms. The molecule has 0 radical (unpaired) electrons.